The molecular formula is C18H28N2O2. The summed E-state index contributed by atoms with van der Waals surface area (Å²) in [5, 5.41) is 3.17. The van der Waals surface area contributed by atoms with Crippen molar-refractivity contribution in [3.05, 3.63) is 29.8 Å². The first-order chi connectivity index (χ1) is 10.5. The van der Waals surface area contributed by atoms with Crippen LogP contribution in [0.1, 0.15) is 31.2 Å². The monoisotopic (exact) mass is 304 g/mol. The standard InChI is InChI=1S/C18H28N2O2/c1-14-7-6-9-16(11-14)22-13-18(21)19-17-10-5-4-8-15(17)12-20(2)3/h6-7,9,11,15,17H,4-5,8,10,12-13H2,1-3H3,(H,19,21). The number of carbonyl (C=O) groups excluding carboxylic acids is 1. The molecule has 0 spiro atoms. The second kappa shape index (κ2) is 8.18. The van der Waals surface area contributed by atoms with Crippen molar-refractivity contribution in [2.24, 2.45) is 5.92 Å². The zero-order chi connectivity index (χ0) is 15.9. The van der Waals surface area contributed by atoms with Crippen LogP contribution in [0.15, 0.2) is 24.3 Å². The number of nitrogens with one attached hydrogen (secondary N) is 1. The van der Waals surface area contributed by atoms with Gasteiger partial charge in [-0.2, -0.15) is 0 Å². The molecule has 1 N–H and O–H groups in total. The third-order valence-corrected chi connectivity index (χ3v) is 4.21. The van der Waals surface area contributed by atoms with Crippen LogP contribution in [0, 0.1) is 12.8 Å². The normalized spacial score (nSPS) is 21.6. The van der Waals surface area contributed by atoms with E-state index < -0.39 is 0 Å². The van der Waals surface area contributed by atoms with E-state index in [1.54, 1.807) is 0 Å². The van der Waals surface area contributed by atoms with E-state index in [4.69, 9.17) is 4.74 Å². The minimum Gasteiger partial charge on any atom is -0.484 e. The molecule has 2 atom stereocenters. The predicted octanol–water partition coefficient (Wildman–Crippen LogP) is 2.61. The molecule has 22 heavy (non-hydrogen) atoms. The van der Waals surface area contributed by atoms with Crippen LogP contribution in [-0.4, -0.2) is 44.1 Å². The fourth-order valence-electron chi connectivity index (χ4n) is 3.19. The van der Waals surface area contributed by atoms with Gasteiger partial charge in [0, 0.05) is 12.6 Å². The Labute approximate surface area is 133 Å². The van der Waals surface area contributed by atoms with Gasteiger partial charge in [0.1, 0.15) is 5.75 Å². The molecule has 1 amide bonds. The average molecular weight is 304 g/mol. The minimum absolute atomic E-state index is 0.0165. The predicted molar refractivity (Wildman–Crippen MR) is 89.1 cm³/mol. The van der Waals surface area contributed by atoms with Crippen molar-refractivity contribution in [3.8, 4) is 5.75 Å². The number of hydrogen-bond acceptors (Lipinski definition) is 3. The topological polar surface area (TPSA) is 41.6 Å². The van der Waals surface area contributed by atoms with Crippen LogP contribution in [0.3, 0.4) is 0 Å². The van der Waals surface area contributed by atoms with Gasteiger partial charge in [-0.1, -0.05) is 25.0 Å². The SMILES string of the molecule is Cc1cccc(OCC(=O)NC2CCCCC2CN(C)C)c1. The van der Waals surface area contributed by atoms with Crippen molar-refractivity contribution in [3.63, 3.8) is 0 Å². The van der Waals surface area contributed by atoms with E-state index in [0.29, 0.717) is 5.92 Å². The van der Waals surface area contributed by atoms with Crippen LogP contribution in [0.5, 0.6) is 5.75 Å². The molecule has 2 unspecified atom stereocenters. The van der Waals surface area contributed by atoms with Crippen LogP contribution in [0.25, 0.3) is 0 Å². The molecule has 1 aliphatic carbocycles. The Bertz CT molecular complexity index is 488. The fourth-order valence-corrected chi connectivity index (χ4v) is 3.19. The van der Waals surface area contributed by atoms with Gasteiger partial charge in [-0.25, -0.2) is 0 Å². The number of amides is 1. The molecule has 4 heteroatoms. The second-order valence-electron chi connectivity index (χ2n) is 6.59. The van der Waals surface area contributed by atoms with Crippen LogP contribution in [-0.2, 0) is 4.79 Å². The van der Waals surface area contributed by atoms with Gasteiger partial charge >= 0.3 is 0 Å². The molecule has 0 heterocycles. The molecular weight excluding hydrogens is 276 g/mol. The molecule has 0 aliphatic heterocycles. The Morgan fingerprint density at radius 2 is 2.09 bits per heavy atom. The van der Waals surface area contributed by atoms with Crippen molar-refractivity contribution >= 4 is 5.91 Å². The molecule has 1 aromatic rings. The molecule has 0 bridgehead atoms. The first-order valence-electron chi connectivity index (χ1n) is 8.18. The summed E-state index contributed by atoms with van der Waals surface area (Å²) in [6, 6.07) is 8.07. The number of aryl methyl sites for hydroxylation is 1. The number of benzene rings is 1. The molecule has 1 aliphatic rings. The third kappa shape index (κ3) is 5.34. The smallest absolute Gasteiger partial charge is 0.258 e. The molecule has 2 rings (SSSR count). The van der Waals surface area contributed by atoms with E-state index in [0.717, 1.165) is 24.3 Å². The highest BCUT2D eigenvalue weighted by Gasteiger charge is 2.26. The van der Waals surface area contributed by atoms with E-state index in [1.165, 1.54) is 19.3 Å². The van der Waals surface area contributed by atoms with Crippen LogP contribution in [0.2, 0.25) is 0 Å². The van der Waals surface area contributed by atoms with Crippen molar-refractivity contribution in [2.45, 2.75) is 38.6 Å². The number of nitrogens with zero attached hydrogens (tertiary/aromatic N) is 1. The number of ether oxygens (including phenoxy) is 1. The summed E-state index contributed by atoms with van der Waals surface area (Å²) in [7, 11) is 4.18. The maximum Gasteiger partial charge on any atom is 0.258 e. The van der Waals surface area contributed by atoms with Gasteiger partial charge in [-0.15, -0.1) is 0 Å². The van der Waals surface area contributed by atoms with E-state index in [1.807, 2.05) is 31.2 Å². The first-order valence-corrected chi connectivity index (χ1v) is 8.18. The third-order valence-electron chi connectivity index (χ3n) is 4.21. The van der Waals surface area contributed by atoms with Gasteiger partial charge in [0.05, 0.1) is 0 Å². The van der Waals surface area contributed by atoms with Gasteiger partial charge in [-0.3, -0.25) is 4.79 Å². The first kappa shape index (κ1) is 16.8. The van der Waals surface area contributed by atoms with Crippen molar-refractivity contribution in [2.75, 3.05) is 27.2 Å². The molecule has 0 saturated heterocycles. The van der Waals surface area contributed by atoms with Crippen molar-refractivity contribution in [1.29, 1.82) is 0 Å². The lowest BCUT2D eigenvalue weighted by Gasteiger charge is -2.33. The number of rotatable bonds is 6. The summed E-state index contributed by atoms with van der Waals surface area (Å²) in [5.41, 5.74) is 1.14. The lowest BCUT2D eigenvalue weighted by Crippen LogP contribution is -2.46. The highest BCUT2D eigenvalue weighted by atomic mass is 16.5. The summed E-state index contributed by atoms with van der Waals surface area (Å²) in [6.07, 6.45) is 4.74. The average Bonchev–Trinajstić information content (AvgIpc) is 2.47. The summed E-state index contributed by atoms with van der Waals surface area (Å²) in [5.74, 6) is 1.28. The van der Waals surface area contributed by atoms with Gasteiger partial charge in [0.15, 0.2) is 6.61 Å². The van der Waals surface area contributed by atoms with E-state index in [2.05, 4.69) is 24.3 Å². The van der Waals surface area contributed by atoms with E-state index in [-0.39, 0.29) is 18.6 Å². The quantitative estimate of drug-likeness (QED) is 0.878. The molecule has 4 nitrogen and oxygen atoms in total. The van der Waals surface area contributed by atoms with Crippen LogP contribution in [0.4, 0.5) is 0 Å². The van der Waals surface area contributed by atoms with Gasteiger partial charge in [0.25, 0.3) is 5.91 Å². The highest BCUT2D eigenvalue weighted by Crippen LogP contribution is 2.25. The Morgan fingerprint density at radius 3 is 2.82 bits per heavy atom. The molecule has 1 fully saturated rings. The summed E-state index contributed by atoms with van der Waals surface area (Å²) in [4.78, 5) is 14.4. The fraction of sp³-hybridized carbons (Fsp3) is 0.611. The number of hydrogen-bond donors (Lipinski definition) is 1. The second-order valence-corrected chi connectivity index (χ2v) is 6.59. The highest BCUT2D eigenvalue weighted by molar-refractivity contribution is 5.77. The maximum absolute atomic E-state index is 12.2. The lowest BCUT2D eigenvalue weighted by molar-refractivity contribution is -0.124. The maximum atomic E-state index is 12.2. The minimum atomic E-state index is -0.0165. The summed E-state index contributed by atoms with van der Waals surface area (Å²) < 4.78 is 5.58. The van der Waals surface area contributed by atoms with Gasteiger partial charge in [0.2, 0.25) is 0 Å². The van der Waals surface area contributed by atoms with E-state index >= 15 is 0 Å². The molecule has 1 saturated carbocycles. The molecule has 122 valence electrons. The zero-order valence-corrected chi connectivity index (χ0v) is 14.0. The Hall–Kier alpha value is -1.55. The lowest BCUT2D eigenvalue weighted by atomic mass is 9.84. The molecule has 0 radical (unpaired) electrons. The van der Waals surface area contributed by atoms with Gasteiger partial charge in [-0.05, 0) is 57.5 Å². The van der Waals surface area contributed by atoms with E-state index in [9.17, 15) is 4.79 Å². The summed E-state index contributed by atoms with van der Waals surface area (Å²) >= 11 is 0. The molecule has 1 aromatic carbocycles. The Kier molecular flexibility index (Phi) is 6.25. The van der Waals surface area contributed by atoms with Crippen LogP contribution >= 0.6 is 0 Å². The zero-order valence-electron chi connectivity index (χ0n) is 14.0. The Morgan fingerprint density at radius 1 is 1.32 bits per heavy atom. The molecule has 0 aromatic heterocycles. The Balaban J connectivity index is 1.82. The van der Waals surface area contributed by atoms with Gasteiger partial charge < -0.3 is 15.0 Å². The van der Waals surface area contributed by atoms with Crippen molar-refractivity contribution in [1.82, 2.24) is 10.2 Å². The van der Waals surface area contributed by atoms with Crippen molar-refractivity contribution < 1.29 is 9.53 Å². The number of carbonyl (C=O) groups is 1. The van der Waals surface area contributed by atoms with Crippen LogP contribution < -0.4 is 10.1 Å². The summed E-state index contributed by atoms with van der Waals surface area (Å²) in [6.45, 7) is 3.14. The largest absolute Gasteiger partial charge is 0.484 e.